The first kappa shape index (κ1) is 12.2. The number of carbonyl (C=O) groups is 1. The molecule has 1 aromatic rings. The summed E-state index contributed by atoms with van der Waals surface area (Å²) in [6, 6.07) is 1.35. The molecule has 1 amide bonds. The Balaban J connectivity index is 2.36. The van der Waals surface area contributed by atoms with Crippen LogP contribution < -0.4 is 10.6 Å². The van der Waals surface area contributed by atoms with Crippen LogP contribution >= 0.6 is 0 Å². The number of amides is 1. The van der Waals surface area contributed by atoms with E-state index >= 15 is 0 Å². The van der Waals surface area contributed by atoms with E-state index in [1.54, 1.807) is 0 Å². The molecule has 96 valence electrons. The molecule has 0 unspecified atom stereocenters. The summed E-state index contributed by atoms with van der Waals surface area (Å²) in [7, 11) is 0. The largest absolute Gasteiger partial charge is 0.378 e. The molecule has 0 radical (unpaired) electrons. The Kier molecular flexibility index (Phi) is 3.38. The number of nitrogens with zero attached hydrogens (tertiary/aromatic N) is 3. The first-order chi connectivity index (χ1) is 8.59. The summed E-state index contributed by atoms with van der Waals surface area (Å²) in [5, 5.41) is 10.7. The molecule has 8 heteroatoms. The van der Waals surface area contributed by atoms with Crippen molar-refractivity contribution >= 4 is 17.4 Å². The van der Waals surface area contributed by atoms with E-state index in [1.165, 1.54) is 6.07 Å². The third-order valence-electron chi connectivity index (χ3n) is 2.67. The van der Waals surface area contributed by atoms with Crippen LogP contribution in [0.5, 0.6) is 0 Å². The molecular weight excluding hydrogens is 240 g/mol. The molecule has 2 rings (SSSR count). The van der Waals surface area contributed by atoms with Gasteiger partial charge in [-0.2, -0.15) is 0 Å². The minimum Gasteiger partial charge on any atom is -0.378 e. The maximum absolute atomic E-state index is 11.2. The Morgan fingerprint density at radius 2 is 2.17 bits per heavy atom. The van der Waals surface area contributed by atoms with E-state index in [4.69, 9.17) is 10.5 Å². The summed E-state index contributed by atoms with van der Waals surface area (Å²) in [6.07, 6.45) is 1.06. The molecule has 0 aromatic carbocycles. The van der Waals surface area contributed by atoms with E-state index < -0.39 is 10.8 Å². The molecule has 8 nitrogen and oxygen atoms in total. The van der Waals surface area contributed by atoms with Gasteiger partial charge >= 0.3 is 0 Å². The molecule has 1 aliphatic rings. The van der Waals surface area contributed by atoms with Gasteiger partial charge in [0.2, 0.25) is 0 Å². The molecule has 1 saturated heterocycles. The maximum atomic E-state index is 11.2. The number of anilines is 1. The molecule has 0 spiro atoms. The number of aromatic nitrogens is 1. The second kappa shape index (κ2) is 4.96. The normalized spacial score (nSPS) is 15.4. The van der Waals surface area contributed by atoms with Crippen molar-refractivity contribution in [1.82, 2.24) is 4.98 Å². The number of nitro groups is 1. The molecule has 1 fully saturated rings. The van der Waals surface area contributed by atoms with Crippen LogP contribution in [-0.4, -0.2) is 42.1 Å². The monoisotopic (exact) mass is 252 g/mol. The quantitative estimate of drug-likeness (QED) is 0.595. The zero-order valence-electron chi connectivity index (χ0n) is 9.54. The molecule has 0 atom stereocenters. The molecule has 0 aliphatic carbocycles. The Bertz CT molecular complexity index is 485. The molecule has 18 heavy (non-hydrogen) atoms. The Morgan fingerprint density at radius 1 is 1.50 bits per heavy atom. The van der Waals surface area contributed by atoms with Gasteiger partial charge in [0.1, 0.15) is 17.6 Å². The van der Waals surface area contributed by atoms with Crippen molar-refractivity contribution in [3.8, 4) is 0 Å². The van der Waals surface area contributed by atoms with Crippen LogP contribution in [0.2, 0.25) is 0 Å². The molecule has 1 aliphatic heterocycles. The zero-order chi connectivity index (χ0) is 13.1. The first-order valence-corrected chi connectivity index (χ1v) is 5.36. The molecule has 0 saturated carbocycles. The highest BCUT2D eigenvalue weighted by molar-refractivity contribution is 5.97. The van der Waals surface area contributed by atoms with Crippen molar-refractivity contribution in [1.29, 1.82) is 0 Å². The van der Waals surface area contributed by atoms with E-state index in [0.717, 1.165) is 6.20 Å². The highest BCUT2D eigenvalue weighted by Crippen LogP contribution is 2.22. The lowest BCUT2D eigenvalue weighted by Crippen LogP contribution is -2.37. The smallest absolute Gasteiger partial charge is 0.300 e. The van der Waals surface area contributed by atoms with Crippen molar-refractivity contribution < 1.29 is 14.5 Å². The number of primary amides is 1. The van der Waals surface area contributed by atoms with Crippen LogP contribution in [-0.2, 0) is 4.74 Å². The number of nitrogens with two attached hydrogens (primary N) is 1. The van der Waals surface area contributed by atoms with Crippen LogP contribution in [0, 0.1) is 10.1 Å². The summed E-state index contributed by atoms with van der Waals surface area (Å²) < 4.78 is 5.19. The minimum absolute atomic E-state index is 0.128. The number of hydrogen-bond acceptors (Lipinski definition) is 6. The van der Waals surface area contributed by atoms with E-state index in [-0.39, 0.29) is 11.3 Å². The SMILES string of the molecule is NC(=O)c1cc(N2CCOCC2)ncc1[N+](=O)[O-]. The summed E-state index contributed by atoms with van der Waals surface area (Å²) >= 11 is 0. The first-order valence-electron chi connectivity index (χ1n) is 5.36. The molecule has 0 bridgehead atoms. The van der Waals surface area contributed by atoms with Crippen molar-refractivity contribution in [3.63, 3.8) is 0 Å². The zero-order valence-corrected chi connectivity index (χ0v) is 9.54. The fraction of sp³-hybridized carbons (Fsp3) is 0.400. The molecular formula is C10H12N4O4. The summed E-state index contributed by atoms with van der Waals surface area (Å²) in [5.41, 5.74) is 4.63. The Morgan fingerprint density at radius 3 is 2.72 bits per heavy atom. The van der Waals surface area contributed by atoms with Crippen LogP contribution in [0.1, 0.15) is 10.4 Å². The standard InChI is InChI=1S/C10H12N4O4/c11-10(15)7-5-9(12-6-8(7)14(16)17)13-1-3-18-4-2-13/h5-6H,1-4H2,(H2,11,15). The van der Waals surface area contributed by atoms with Crippen LogP contribution in [0.4, 0.5) is 11.5 Å². The average Bonchev–Trinajstić information content (AvgIpc) is 2.39. The molecule has 1 aromatic heterocycles. The third kappa shape index (κ3) is 2.38. The van der Waals surface area contributed by atoms with E-state index in [1.807, 2.05) is 4.90 Å². The van der Waals surface area contributed by atoms with Crippen LogP contribution in [0.15, 0.2) is 12.3 Å². The van der Waals surface area contributed by atoms with Crippen molar-refractivity contribution in [3.05, 3.63) is 27.9 Å². The summed E-state index contributed by atoms with van der Waals surface area (Å²) in [4.78, 5) is 27.2. The maximum Gasteiger partial charge on any atom is 0.300 e. The van der Waals surface area contributed by atoms with Gasteiger partial charge in [-0.15, -0.1) is 0 Å². The summed E-state index contributed by atoms with van der Waals surface area (Å²) in [5.74, 6) is -0.337. The van der Waals surface area contributed by atoms with Gasteiger partial charge in [-0.25, -0.2) is 4.98 Å². The number of morpholine rings is 1. The fourth-order valence-corrected chi connectivity index (χ4v) is 1.75. The highest BCUT2D eigenvalue weighted by Gasteiger charge is 2.22. The Labute approximate surface area is 102 Å². The van der Waals surface area contributed by atoms with E-state index in [0.29, 0.717) is 32.1 Å². The van der Waals surface area contributed by atoms with Gasteiger partial charge in [0.05, 0.1) is 18.1 Å². The highest BCUT2D eigenvalue weighted by atomic mass is 16.6. The number of ether oxygens (including phenoxy) is 1. The van der Waals surface area contributed by atoms with Crippen molar-refractivity contribution in [2.75, 3.05) is 31.2 Å². The summed E-state index contributed by atoms with van der Waals surface area (Å²) in [6.45, 7) is 2.38. The van der Waals surface area contributed by atoms with E-state index in [2.05, 4.69) is 4.98 Å². The van der Waals surface area contributed by atoms with Crippen LogP contribution in [0.3, 0.4) is 0 Å². The van der Waals surface area contributed by atoms with Gasteiger partial charge in [-0.3, -0.25) is 14.9 Å². The lowest BCUT2D eigenvalue weighted by molar-refractivity contribution is -0.385. The van der Waals surface area contributed by atoms with Gasteiger partial charge in [0, 0.05) is 19.2 Å². The van der Waals surface area contributed by atoms with Gasteiger partial charge < -0.3 is 15.4 Å². The van der Waals surface area contributed by atoms with Gasteiger partial charge in [-0.05, 0) is 0 Å². The minimum atomic E-state index is -0.835. The number of hydrogen-bond donors (Lipinski definition) is 1. The van der Waals surface area contributed by atoms with Crippen molar-refractivity contribution in [2.45, 2.75) is 0 Å². The van der Waals surface area contributed by atoms with Gasteiger partial charge in [0.15, 0.2) is 0 Å². The van der Waals surface area contributed by atoms with Crippen molar-refractivity contribution in [2.24, 2.45) is 5.73 Å². The molecule has 2 N–H and O–H groups in total. The number of pyridine rings is 1. The lowest BCUT2D eigenvalue weighted by Gasteiger charge is -2.27. The Hall–Kier alpha value is -2.22. The lowest BCUT2D eigenvalue weighted by atomic mass is 10.2. The second-order valence-electron chi connectivity index (χ2n) is 3.78. The van der Waals surface area contributed by atoms with Crippen LogP contribution in [0.25, 0.3) is 0 Å². The number of carbonyl (C=O) groups excluding carboxylic acids is 1. The average molecular weight is 252 g/mol. The fourth-order valence-electron chi connectivity index (χ4n) is 1.75. The predicted octanol–water partition coefficient (Wildman–Crippen LogP) is -0.0747. The van der Waals surface area contributed by atoms with Gasteiger partial charge in [-0.1, -0.05) is 0 Å². The molecule has 2 heterocycles. The van der Waals surface area contributed by atoms with E-state index in [9.17, 15) is 14.9 Å². The third-order valence-corrected chi connectivity index (χ3v) is 2.67. The second-order valence-corrected chi connectivity index (χ2v) is 3.78. The van der Waals surface area contributed by atoms with Gasteiger partial charge in [0.25, 0.3) is 11.6 Å². The topological polar surface area (TPSA) is 112 Å². The number of rotatable bonds is 3. The predicted molar refractivity (Wildman–Crippen MR) is 62.4 cm³/mol.